The molecule has 0 bridgehead atoms. The summed E-state index contributed by atoms with van der Waals surface area (Å²) in [5.74, 6) is -2.24. The van der Waals surface area contributed by atoms with Crippen LogP contribution in [0.4, 0.5) is 4.39 Å². The molecule has 1 N–H and O–H groups in total. The van der Waals surface area contributed by atoms with Crippen molar-refractivity contribution in [2.45, 2.75) is 32.4 Å². The lowest BCUT2D eigenvalue weighted by atomic mass is 9.85. The molecule has 1 rings (SSSR count). The maximum atomic E-state index is 13.7. The number of carboxylic acid groups (broad SMARTS) is 1. The van der Waals surface area contributed by atoms with Crippen LogP contribution in [0.2, 0.25) is 0 Å². The summed E-state index contributed by atoms with van der Waals surface area (Å²) in [5, 5.41) is 9.01. The van der Waals surface area contributed by atoms with Gasteiger partial charge in [0.2, 0.25) is 0 Å². The third-order valence-corrected chi connectivity index (χ3v) is 2.31. The fourth-order valence-electron chi connectivity index (χ4n) is 1.68. The molecule has 0 aliphatic heterocycles. The molecule has 2 nitrogen and oxygen atoms in total. The van der Waals surface area contributed by atoms with Gasteiger partial charge in [-0.2, -0.15) is 0 Å². The Morgan fingerprint density at radius 3 is 2.47 bits per heavy atom. The first-order chi connectivity index (χ1) is 6.82. The lowest BCUT2D eigenvalue weighted by Gasteiger charge is -2.23. The van der Waals surface area contributed by atoms with Crippen molar-refractivity contribution in [3.63, 3.8) is 0 Å². The minimum absolute atomic E-state index is 0.509. The summed E-state index contributed by atoms with van der Waals surface area (Å²) in [6.45, 7) is 4.43. The average Bonchev–Trinajstić information content (AvgIpc) is 1.99. The quantitative estimate of drug-likeness (QED) is 0.832. The second-order valence-corrected chi connectivity index (χ2v) is 4.25. The highest BCUT2D eigenvalue weighted by molar-refractivity contribution is 5.77. The van der Waals surface area contributed by atoms with Gasteiger partial charge < -0.3 is 5.11 Å². The van der Waals surface area contributed by atoms with Crippen LogP contribution in [0.25, 0.3) is 0 Å². The number of carbonyl (C=O) groups is 1. The Morgan fingerprint density at radius 2 is 2.07 bits per heavy atom. The van der Waals surface area contributed by atoms with Crippen LogP contribution in [-0.4, -0.2) is 16.7 Å². The van der Waals surface area contributed by atoms with Crippen LogP contribution in [0.15, 0.2) is 24.3 Å². The minimum Gasteiger partial charge on any atom is -0.481 e. The van der Waals surface area contributed by atoms with E-state index in [2.05, 4.69) is 0 Å². The van der Waals surface area contributed by atoms with E-state index in [1.165, 1.54) is 13.8 Å². The molecule has 0 heterocycles. The van der Waals surface area contributed by atoms with E-state index in [4.69, 9.17) is 5.11 Å². The van der Waals surface area contributed by atoms with Crippen molar-refractivity contribution < 1.29 is 14.3 Å². The third kappa shape index (κ3) is 2.78. The van der Waals surface area contributed by atoms with E-state index in [0.29, 0.717) is 5.56 Å². The molecule has 0 aliphatic rings. The van der Waals surface area contributed by atoms with Crippen LogP contribution in [0.5, 0.6) is 0 Å². The zero-order valence-corrected chi connectivity index (χ0v) is 9.12. The predicted molar refractivity (Wildman–Crippen MR) is 56.7 cm³/mol. The molecule has 82 valence electrons. The standard InChI is InChI=1S/C12H15FO2/c1-8-5-4-6-9(7-8)10(11(14)15)12(2,3)13/h4-7,10H,1-3H3,(H,14,15). The molecule has 1 unspecified atom stereocenters. The van der Waals surface area contributed by atoms with Gasteiger partial charge >= 0.3 is 5.97 Å². The van der Waals surface area contributed by atoms with E-state index in [1.54, 1.807) is 18.2 Å². The molecule has 1 atom stereocenters. The fourth-order valence-corrected chi connectivity index (χ4v) is 1.68. The largest absolute Gasteiger partial charge is 0.481 e. The molecule has 1 aromatic carbocycles. The SMILES string of the molecule is Cc1cccc(C(C(=O)O)C(C)(C)F)c1. The van der Waals surface area contributed by atoms with E-state index in [9.17, 15) is 9.18 Å². The molecule has 0 aliphatic carbocycles. The minimum atomic E-state index is -1.76. The van der Waals surface area contributed by atoms with Crippen molar-refractivity contribution in [3.05, 3.63) is 35.4 Å². The number of carboxylic acids is 1. The molecular weight excluding hydrogens is 195 g/mol. The number of hydrogen-bond acceptors (Lipinski definition) is 1. The third-order valence-electron chi connectivity index (χ3n) is 2.31. The number of rotatable bonds is 3. The zero-order valence-electron chi connectivity index (χ0n) is 9.12. The van der Waals surface area contributed by atoms with Gasteiger partial charge in [0.15, 0.2) is 0 Å². The van der Waals surface area contributed by atoms with E-state index < -0.39 is 17.6 Å². The van der Waals surface area contributed by atoms with Gasteiger partial charge in [0.25, 0.3) is 0 Å². The summed E-state index contributed by atoms with van der Waals surface area (Å²) in [4.78, 5) is 11.0. The van der Waals surface area contributed by atoms with Crippen LogP contribution >= 0.6 is 0 Å². The number of benzene rings is 1. The highest BCUT2D eigenvalue weighted by atomic mass is 19.1. The Labute approximate surface area is 88.7 Å². The van der Waals surface area contributed by atoms with E-state index in [-0.39, 0.29) is 0 Å². The van der Waals surface area contributed by atoms with E-state index in [0.717, 1.165) is 5.56 Å². The molecular formula is C12H15FO2. The van der Waals surface area contributed by atoms with Crippen molar-refractivity contribution in [2.24, 2.45) is 0 Å². The van der Waals surface area contributed by atoms with Crippen molar-refractivity contribution in [1.82, 2.24) is 0 Å². The van der Waals surface area contributed by atoms with Gasteiger partial charge in [-0.1, -0.05) is 29.8 Å². The van der Waals surface area contributed by atoms with Gasteiger partial charge in [-0.3, -0.25) is 4.79 Å². The maximum absolute atomic E-state index is 13.7. The van der Waals surface area contributed by atoms with Crippen LogP contribution in [-0.2, 0) is 4.79 Å². The number of aliphatic carboxylic acids is 1. The molecule has 0 saturated carbocycles. The Morgan fingerprint density at radius 1 is 1.47 bits per heavy atom. The van der Waals surface area contributed by atoms with Crippen molar-refractivity contribution in [3.8, 4) is 0 Å². The molecule has 0 fully saturated rings. The Hall–Kier alpha value is -1.38. The summed E-state index contributed by atoms with van der Waals surface area (Å²) in [5.41, 5.74) is -0.322. The lowest BCUT2D eigenvalue weighted by molar-refractivity contribution is -0.142. The number of hydrogen-bond donors (Lipinski definition) is 1. The average molecular weight is 210 g/mol. The first kappa shape index (κ1) is 11.7. The van der Waals surface area contributed by atoms with E-state index in [1.807, 2.05) is 13.0 Å². The lowest BCUT2D eigenvalue weighted by Crippen LogP contribution is -2.30. The van der Waals surface area contributed by atoms with Gasteiger partial charge in [0, 0.05) is 0 Å². The van der Waals surface area contributed by atoms with Gasteiger partial charge in [-0.25, -0.2) is 4.39 Å². The maximum Gasteiger partial charge on any atom is 0.314 e. The summed E-state index contributed by atoms with van der Waals surface area (Å²) >= 11 is 0. The number of alkyl halides is 1. The summed E-state index contributed by atoms with van der Waals surface area (Å²) in [7, 11) is 0. The molecule has 0 radical (unpaired) electrons. The zero-order chi connectivity index (χ0) is 11.6. The summed E-state index contributed by atoms with van der Waals surface area (Å²) < 4.78 is 13.7. The van der Waals surface area contributed by atoms with Crippen LogP contribution in [0, 0.1) is 6.92 Å². The Bertz CT molecular complexity index is 366. The smallest absolute Gasteiger partial charge is 0.314 e. The van der Waals surface area contributed by atoms with Gasteiger partial charge in [0.1, 0.15) is 11.6 Å². The number of aryl methyl sites for hydroxylation is 1. The first-order valence-electron chi connectivity index (χ1n) is 4.80. The van der Waals surface area contributed by atoms with Crippen LogP contribution < -0.4 is 0 Å². The van der Waals surface area contributed by atoms with Crippen LogP contribution in [0.3, 0.4) is 0 Å². The van der Waals surface area contributed by atoms with Gasteiger partial charge in [0.05, 0.1) is 0 Å². The topological polar surface area (TPSA) is 37.3 Å². The molecule has 0 saturated heterocycles. The van der Waals surface area contributed by atoms with Crippen molar-refractivity contribution in [1.29, 1.82) is 0 Å². The molecule has 3 heteroatoms. The Balaban J connectivity index is 3.16. The molecule has 0 aromatic heterocycles. The number of halogens is 1. The fraction of sp³-hybridized carbons (Fsp3) is 0.417. The Kier molecular flexibility index (Phi) is 3.12. The molecule has 0 amide bonds. The van der Waals surface area contributed by atoms with Crippen molar-refractivity contribution in [2.75, 3.05) is 0 Å². The molecule has 15 heavy (non-hydrogen) atoms. The van der Waals surface area contributed by atoms with Crippen molar-refractivity contribution >= 4 is 5.97 Å². The summed E-state index contributed by atoms with van der Waals surface area (Å²) in [6, 6.07) is 6.95. The van der Waals surface area contributed by atoms with Gasteiger partial charge in [-0.15, -0.1) is 0 Å². The van der Waals surface area contributed by atoms with Crippen LogP contribution in [0.1, 0.15) is 30.9 Å². The molecule has 0 spiro atoms. The summed E-state index contributed by atoms with van der Waals surface area (Å²) in [6.07, 6.45) is 0. The normalized spacial score (nSPS) is 13.6. The predicted octanol–water partition coefficient (Wildman–Crippen LogP) is 2.91. The monoisotopic (exact) mass is 210 g/mol. The first-order valence-corrected chi connectivity index (χ1v) is 4.80. The second kappa shape index (κ2) is 4.01. The van der Waals surface area contributed by atoms with Gasteiger partial charge in [-0.05, 0) is 26.3 Å². The van der Waals surface area contributed by atoms with E-state index >= 15 is 0 Å². The molecule has 1 aromatic rings. The highest BCUT2D eigenvalue weighted by Crippen LogP contribution is 2.31. The second-order valence-electron chi connectivity index (χ2n) is 4.25. The highest BCUT2D eigenvalue weighted by Gasteiger charge is 2.36.